The van der Waals surface area contributed by atoms with Crippen LogP contribution in [0.15, 0.2) is 47.0 Å². The molecule has 0 saturated heterocycles. The van der Waals surface area contributed by atoms with E-state index >= 15 is 0 Å². The molecule has 2 aliphatic rings. The zero-order valence-corrected chi connectivity index (χ0v) is 13.0. The Bertz CT molecular complexity index is 745. The molecule has 1 atom stereocenters. The molecule has 0 spiro atoms. The number of hydrogen-bond donors (Lipinski definition) is 2. The highest BCUT2D eigenvalue weighted by Crippen LogP contribution is 2.44. The molecule has 0 saturated carbocycles. The quantitative estimate of drug-likeness (QED) is 0.877. The Hall–Kier alpha value is -2.74. The first-order valence-corrected chi connectivity index (χ1v) is 7.33. The van der Waals surface area contributed by atoms with E-state index in [9.17, 15) is 5.26 Å². The van der Waals surface area contributed by atoms with Crippen molar-refractivity contribution in [2.45, 2.75) is 32.7 Å². The molecule has 3 rings (SSSR count). The highest BCUT2D eigenvalue weighted by Gasteiger charge is 2.47. The van der Waals surface area contributed by atoms with Gasteiger partial charge in [0, 0.05) is 12.4 Å². The maximum absolute atomic E-state index is 9.72. The van der Waals surface area contributed by atoms with Crippen molar-refractivity contribution in [3.05, 3.63) is 58.7 Å². The fraction of sp³-hybridized carbons (Fsp3) is 0.294. The Labute approximate surface area is 130 Å². The van der Waals surface area contributed by atoms with Crippen molar-refractivity contribution < 1.29 is 0 Å². The van der Waals surface area contributed by atoms with Gasteiger partial charge in [-0.25, -0.2) is 0 Å². The number of nitriles is 1. The largest absolute Gasteiger partial charge is 0.383 e. The molecule has 5 nitrogen and oxygen atoms in total. The first-order valence-electron chi connectivity index (χ1n) is 7.33. The van der Waals surface area contributed by atoms with E-state index in [1.807, 2.05) is 17.3 Å². The number of aliphatic imine (C=N–C) groups is 1. The van der Waals surface area contributed by atoms with Crippen LogP contribution >= 0.6 is 0 Å². The first kappa shape index (κ1) is 14.2. The minimum absolute atomic E-state index is 0.283. The van der Waals surface area contributed by atoms with Gasteiger partial charge in [0.15, 0.2) is 0 Å². The molecule has 0 bridgehead atoms. The Kier molecular flexibility index (Phi) is 3.18. The van der Waals surface area contributed by atoms with Gasteiger partial charge in [-0.3, -0.25) is 0 Å². The van der Waals surface area contributed by atoms with Crippen molar-refractivity contribution in [1.82, 2.24) is 10.2 Å². The number of hydrogen-bond acceptors (Lipinski definition) is 5. The molecule has 22 heavy (non-hydrogen) atoms. The van der Waals surface area contributed by atoms with E-state index in [0.717, 1.165) is 5.56 Å². The maximum Gasteiger partial charge on any atom is 0.209 e. The molecule has 5 heteroatoms. The highest BCUT2D eigenvalue weighted by atomic mass is 15.4. The van der Waals surface area contributed by atoms with Crippen LogP contribution in [-0.2, 0) is 5.54 Å². The smallest absolute Gasteiger partial charge is 0.209 e. The maximum atomic E-state index is 9.72. The third-order valence-corrected chi connectivity index (χ3v) is 4.29. The van der Waals surface area contributed by atoms with Crippen molar-refractivity contribution in [1.29, 1.82) is 5.26 Å². The van der Waals surface area contributed by atoms with Crippen LogP contribution in [0, 0.1) is 25.2 Å². The molecule has 0 aliphatic carbocycles. The number of nitrogens with two attached hydrogens (primary N) is 1. The number of nitrogens with one attached hydrogen (secondary N) is 1. The molecule has 0 fully saturated rings. The van der Waals surface area contributed by atoms with Gasteiger partial charge in [0.25, 0.3) is 0 Å². The van der Waals surface area contributed by atoms with Crippen molar-refractivity contribution >= 4 is 5.96 Å². The summed E-state index contributed by atoms with van der Waals surface area (Å²) >= 11 is 0. The van der Waals surface area contributed by atoms with Crippen LogP contribution in [0.5, 0.6) is 0 Å². The van der Waals surface area contributed by atoms with Crippen LogP contribution in [0.3, 0.4) is 0 Å². The average Bonchev–Trinajstić information content (AvgIpc) is 2.92. The lowest BCUT2D eigenvalue weighted by molar-refractivity contribution is 0.272. The van der Waals surface area contributed by atoms with E-state index < -0.39 is 5.54 Å². The summed E-state index contributed by atoms with van der Waals surface area (Å²) in [6.45, 7) is 6.20. The van der Waals surface area contributed by atoms with Crippen molar-refractivity contribution in [2.24, 2.45) is 10.7 Å². The predicted molar refractivity (Wildman–Crippen MR) is 86.3 cm³/mol. The van der Waals surface area contributed by atoms with Crippen molar-refractivity contribution in [3.63, 3.8) is 0 Å². The fourth-order valence-electron chi connectivity index (χ4n) is 3.42. The first-order chi connectivity index (χ1) is 10.5. The van der Waals surface area contributed by atoms with Crippen molar-refractivity contribution in [3.8, 4) is 6.07 Å². The van der Waals surface area contributed by atoms with Gasteiger partial charge in [-0.1, -0.05) is 36.2 Å². The molecule has 2 aliphatic heterocycles. The number of nitrogens with zero attached hydrogens (tertiary/aromatic N) is 3. The molecular weight excluding hydrogens is 274 g/mol. The lowest BCUT2D eigenvalue weighted by atomic mass is 9.77. The lowest BCUT2D eigenvalue weighted by Gasteiger charge is -2.43. The van der Waals surface area contributed by atoms with Crippen LogP contribution in [0.4, 0.5) is 0 Å². The van der Waals surface area contributed by atoms with Gasteiger partial charge in [0.2, 0.25) is 5.96 Å². The molecule has 2 heterocycles. The second-order valence-electron chi connectivity index (χ2n) is 5.73. The third kappa shape index (κ3) is 1.81. The van der Waals surface area contributed by atoms with E-state index in [2.05, 4.69) is 55.3 Å². The zero-order chi connectivity index (χ0) is 15.9. The monoisotopic (exact) mass is 293 g/mol. The van der Waals surface area contributed by atoms with Gasteiger partial charge in [-0.05, 0) is 25.8 Å². The second-order valence-corrected chi connectivity index (χ2v) is 5.73. The molecule has 0 radical (unpaired) electrons. The molecule has 1 aromatic rings. The minimum atomic E-state index is -0.618. The molecule has 0 aromatic heterocycles. The molecule has 1 unspecified atom stereocenters. The summed E-state index contributed by atoms with van der Waals surface area (Å²) in [5, 5.41) is 12.8. The average molecular weight is 293 g/mol. The van der Waals surface area contributed by atoms with Gasteiger partial charge >= 0.3 is 0 Å². The Morgan fingerprint density at radius 3 is 2.59 bits per heavy atom. The fourth-order valence-corrected chi connectivity index (χ4v) is 3.42. The van der Waals surface area contributed by atoms with Crippen LogP contribution in [0.1, 0.15) is 30.0 Å². The predicted octanol–water partition coefficient (Wildman–Crippen LogP) is 2.35. The summed E-state index contributed by atoms with van der Waals surface area (Å²) in [5.74, 6) is 0.948. The Morgan fingerprint density at radius 1 is 1.32 bits per heavy atom. The summed E-state index contributed by atoms with van der Waals surface area (Å²) < 4.78 is 0. The van der Waals surface area contributed by atoms with Crippen LogP contribution in [-0.4, -0.2) is 10.9 Å². The van der Waals surface area contributed by atoms with E-state index in [1.54, 1.807) is 0 Å². The van der Waals surface area contributed by atoms with Gasteiger partial charge in [0.05, 0.1) is 0 Å². The van der Waals surface area contributed by atoms with Crippen LogP contribution < -0.4 is 11.1 Å². The van der Waals surface area contributed by atoms with Gasteiger partial charge < -0.3 is 16.0 Å². The molecular formula is C17H19N5. The van der Waals surface area contributed by atoms with Gasteiger partial charge in [-0.15, -0.1) is 0 Å². The number of aryl methyl sites for hydroxylation is 2. The summed E-state index contributed by atoms with van der Waals surface area (Å²) in [7, 11) is 0. The minimum Gasteiger partial charge on any atom is -0.383 e. The summed E-state index contributed by atoms with van der Waals surface area (Å²) in [5.41, 5.74) is 9.36. The van der Waals surface area contributed by atoms with Crippen LogP contribution in [0.2, 0.25) is 0 Å². The third-order valence-electron chi connectivity index (χ3n) is 4.29. The standard InChI is InChI=1S/C17H19N5/c1-4-17(13-8-11(2)7-12(3)9-13)14(10-18)15(19)21-16-20-5-6-22(16)17/h5-9H,4,19H2,1-3H3,(H,20,21). The molecule has 1 aromatic carbocycles. The van der Waals surface area contributed by atoms with Gasteiger partial charge in [0.1, 0.15) is 23.0 Å². The SMILES string of the molecule is CCC1(c2cc(C)cc(C)c2)C(C#N)=C(N)N=C2NC=CN21. The summed E-state index contributed by atoms with van der Waals surface area (Å²) in [6.07, 6.45) is 4.45. The molecule has 0 amide bonds. The number of fused-ring (bicyclic) bond motifs is 1. The Balaban J connectivity index is 2.32. The topological polar surface area (TPSA) is 77.4 Å². The van der Waals surface area contributed by atoms with E-state index in [-0.39, 0.29) is 5.82 Å². The highest BCUT2D eigenvalue weighted by molar-refractivity contribution is 5.88. The summed E-state index contributed by atoms with van der Waals surface area (Å²) in [6, 6.07) is 8.66. The van der Waals surface area contributed by atoms with Crippen LogP contribution in [0.25, 0.3) is 0 Å². The summed E-state index contributed by atoms with van der Waals surface area (Å²) in [4.78, 5) is 6.32. The number of guanidine groups is 1. The van der Waals surface area contributed by atoms with Crippen molar-refractivity contribution in [2.75, 3.05) is 0 Å². The molecule has 3 N–H and O–H groups in total. The number of benzene rings is 1. The lowest BCUT2D eigenvalue weighted by Crippen LogP contribution is -2.51. The van der Waals surface area contributed by atoms with E-state index in [0.29, 0.717) is 18.0 Å². The zero-order valence-electron chi connectivity index (χ0n) is 13.0. The Morgan fingerprint density at radius 2 is 2.00 bits per heavy atom. The molecule has 112 valence electrons. The number of rotatable bonds is 2. The normalized spacial score (nSPS) is 23.0. The van der Waals surface area contributed by atoms with E-state index in [4.69, 9.17) is 5.73 Å². The second kappa shape index (κ2) is 4.92. The van der Waals surface area contributed by atoms with Gasteiger partial charge in [-0.2, -0.15) is 10.3 Å². The van der Waals surface area contributed by atoms with E-state index in [1.165, 1.54) is 11.1 Å².